The molecule has 0 radical (unpaired) electrons. The fraction of sp³-hybridized carbons (Fsp3) is 0.333. The monoisotopic (exact) mass is 309 g/mol. The van der Waals surface area contributed by atoms with Crippen LogP contribution in [0.5, 0.6) is 0 Å². The van der Waals surface area contributed by atoms with Crippen LogP contribution < -0.4 is 0 Å². The number of nitrogens with one attached hydrogen (secondary N) is 1. The molecule has 1 unspecified atom stereocenters. The second kappa shape index (κ2) is 6.65. The van der Waals surface area contributed by atoms with Gasteiger partial charge in [0.05, 0.1) is 29.1 Å². The summed E-state index contributed by atoms with van der Waals surface area (Å²) in [6.07, 6.45) is 1.11. The van der Waals surface area contributed by atoms with Crippen molar-refractivity contribution in [3.05, 3.63) is 41.6 Å². The maximum atomic E-state index is 13.9. The summed E-state index contributed by atoms with van der Waals surface area (Å²) in [5.41, 5.74) is -0.228. The third kappa shape index (κ3) is 3.30. The normalized spacial score (nSPS) is 12.2. The molecule has 118 valence electrons. The number of carbonyl (C=O) groups is 1. The van der Waals surface area contributed by atoms with Crippen molar-refractivity contribution in [1.82, 2.24) is 15.1 Å². The number of benzene rings is 1. The van der Waals surface area contributed by atoms with Crippen molar-refractivity contribution in [1.29, 1.82) is 0 Å². The van der Waals surface area contributed by atoms with Crippen molar-refractivity contribution in [2.24, 2.45) is 0 Å². The molecule has 7 heteroatoms. The van der Waals surface area contributed by atoms with Gasteiger partial charge in [-0.25, -0.2) is 8.78 Å². The number of aliphatic hydroxyl groups is 1. The fourth-order valence-electron chi connectivity index (χ4n) is 2.06. The van der Waals surface area contributed by atoms with Crippen molar-refractivity contribution in [3.63, 3.8) is 0 Å². The number of halogens is 2. The van der Waals surface area contributed by atoms with Gasteiger partial charge < -0.3 is 10.0 Å². The third-order valence-electron chi connectivity index (χ3n) is 3.31. The summed E-state index contributed by atoms with van der Waals surface area (Å²) in [5.74, 6) is -1.97. The molecule has 5 nitrogen and oxygen atoms in total. The fourth-order valence-corrected chi connectivity index (χ4v) is 2.06. The number of amides is 1. The summed E-state index contributed by atoms with van der Waals surface area (Å²) >= 11 is 0. The molecular formula is C15H17F2N3O2. The number of hydrogen-bond acceptors (Lipinski definition) is 3. The first kappa shape index (κ1) is 16.1. The molecule has 0 bridgehead atoms. The van der Waals surface area contributed by atoms with Crippen LogP contribution in [0.4, 0.5) is 8.78 Å². The van der Waals surface area contributed by atoms with E-state index in [1.165, 1.54) is 17.2 Å². The Kier molecular flexibility index (Phi) is 4.87. The number of H-pyrrole nitrogens is 1. The predicted octanol–water partition coefficient (Wildman–Crippen LogP) is 2.20. The van der Waals surface area contributed by atoms with Crippen molar-refractivity contribution < 1.29 is 18.7 Å². The molecule has 1 aromatic carbocycles. The first-order chi connectivity index (χ1) is 10.4. The zero-order valence-corrected chi connectivity index (χ0v) is 12.3. The number of hydrogen-bond donors (Lipinski definition) is 2. The minimum atomic E-state index is -0.773. The average Bonchev–Trinajstić information content (AvgIpc) is 2.92. The second-order valence-electron chi connectivity index (χ2n) is 5.12. The molecule has 0 saturated heterocycles. The van der Waals surface area contributed by atoms with Gasteiger partial charge in [-0.15, -0.1) is 0 Å². The Balaban J connectivity index is 2.32. The van der Waals surface area contributed by atoms with E-state index in [4.69, 9.17) is 0 Å². The number of carbonyl (C=O) groups excluding carboxylic acids is 1. The van der Waals surface area contributed by atoms with E-state index in [-0.39, 0.29) is 16.8 Å². The van der Waals surface area contributed by atoms with Gasteiger partial charge in [0.15, 0.2) is 0 Å². The van der Waals surface area contributed by atoms with Gasteiger partial charge >= 0.3 is 0 Å². The molecule has 0 aliphatic carbocycles. The van der Waals surface area contributed by atoms with E-state index >= 15 is 0 Å². The van der Waals surface area contributed by atoms with Crippen molar-refractivity contribution >= 4 is 5.91 Å². The minimum absolute atomic E-state index is 0.00416. The van der Waals surface area contributed by atoms with E-state index in [0.717, 1.165) is 12.1 Å². The topological polar surface area (TPSA) is 69.2 Å². The lowest BCUT2D eigenvalue weighted by molar-refractivity contribution is 0.0770. The summed E-state index contributed by atoms with van der Waals surface area (Å²) in [6.45, 7) is 1.94. The van der Waals surface area contributed by atoms with Crippen LogP contribution in [0.3, 0.4) is 0 Å². The molecule has 1 heterocycles. The molecule has 1 atom stereocenters. The van der Waals surface area contributed by atoms with Gasteiger partial charge in [0.25, 0.3) is 5.91 Å². The van der Waals surface area contributed by atoms with Crippen LogP contribution >= 0.6 is 0 Å². The Labute approximate surface area is 126 Å². The van der Waals surface area contributed by atoms with Gasteiger partial charge in [-0.1, -0.05) is 6.07 Å². The molecule has 1 amide bonds. The Morgan fingerprint density at radius 2 is 2.05 bits per heavy atom. The van der Waals surface area contributed by atoms with Gasteiger partial charge in [-0.3, -0.25) is 9.89 Å². The lowest BCUT2D eigenvalue weighted by Crippen LogP contribution is -2.29. The van der Waals surface area contributed by atoms with E-state index in [0.29, 0.717) is 13.0 Å². The molecule has 0 aliphatic rings. The van der Waals surface area contributed by atoms with Gasteiger partial charge in [-0.05, 0) is 25.5 Å². The van der Waals surface area contributed by atoms with Crippen molar-refractivity contribution in [2.75, 3.05) is 13.6 Å². The third-order valence-corrected chi connectivity index (χ3v) is 3.31. The van der Waals surface area contributed by atoms with E-state index in [9.17, 15) is 18.7 Å². The van der Waals surface area contributed by atoms with Crippen molar-refractivity contribution in [3.8, 4) is 11.3 Å². The highest BCUT2D eigenvalue weighted by Crippen LogP contribution is 2.27. The van der Waals surface area contributed by atoms with E-state index in [2.05, 4.69) is 10.2 Å². The molecule has 0 aliphatic heterocycles. The lowest BCUT2D eigenvalue weighted by atomic mass is 10.1. The van der Waals surface area contributed by atoms with E-state index < -0.39 is 23.6 Å². The maximum absolute atomic E-state index is 13.9. The average molecular weight is 309 g/mol. The number of aromatic nitrogens is 2. The Morgan fingerprint density at radius 3 is 2.64 bits per heavy atom. The first-order valence-corrected chi connectivity index (χ1v) is 6.83. The van der Waals surface area contributed by atoms with Crippen LogP contribution in [0.25, 0.3) is 11.3 Å². The molecule has 1 aromatic heterocycles. The standard InChI is InChI=1S/C15H17F2N3O2/c1-9(21)6-7-20(2)15(22)10-8-18-19-14(10)13-11(16)4-3-5-12(13)17/h3-5,8-9,21H,6-7H2,1-2H3,(H,18,19). The molecular weight excluding hydrogens is 292 g/mol. The number of aromatic amines is 1. The van der Waals surface area contributed by atoms with Crippen LogP contribution in [0.2, 0.25) is 0 Å². The Morgan fingerprint density at radius 1 is 1.41 bits per heavy atom. The Hall–Kier alpha value is -2.28. The minimum Gasteiger partial charge on any atom is -0.393 e. The summed E-state index contributed by atoms with van der Waals surface area (Å²) in [7, 11) is 1.55. The molecule has 22 heavy (non-hydrogen) atoms. The summed E-state index contributed by atoms with van der Waals surface area (Å²) in [4.78, 5) is 13.7. The molecule has 0 spiro atoms. The molecule has 2 rings (SSSR count). The summed E-state index contributed by atoms with van der Waals surface area (Å²) < 4.78 is 27.7. The predicted molar refractivity (Wildman–Crippen MR) is 77.2 cm³/mol. The van der Waals surface area contributed by atoms with Crippen LogP contribution in [0.15, 0.2) is 24.4 Å². The van der Waals surface area contributed by atoms with Gasteiger partial charge in [0.1, 0.15) is 11.6 Å². The highest BCUT2D eigenvalue weighted by atomic mass is 19.1. The quantitative estimate of drug-likeness (QED) is 0.889. The lowest BCUT2D eigenvalue weighted by Gasteiger charge is -2.18. The smallest absolute Gasteiger partial charge is 0.257 e. The van der Waals surface area contributed by atoms with Gasteiger partial charge in [0, 0.05) is 13.6 Å². The highest BCUT2D eigenvalue weighted by molar-refractivity contribution is 5.99. The van der Waals surface area contributed by atoms with Crippen LogP contribution in [-0.2, 0) is 0 Å². The van der Waals surface area contributed by atoms with Gasteiger partial charge in [0.2, 0.25) is 0 Å². The SMILES string of the molecule is CC(O)CCN(C)C(=O)c1cn[nH]c1-c1c(F)cccc1F. The van der Waals surface area contributed by atoms with E-state index in [1.807, 2.05) is 0 Å². The molecule has 2 N–H and O–H groups in total. The van der Waals surface area contributed by atoms with Crippen LogP contribution in [0.1, 0.15) is 23.7 Å². The van der Waals surface area contributed by atoms with E-state index in [1.54, 1.807) is 14.0 Å². The number of rotatable bonds is 5. The second-order valence-corrected chi connectivity index (χ2v) is 5.12. The van der Waals surface area contributed by atoms with Gasteiger partial charge in [-0.2, -0.15) is 5.10 Å². The maximum Gasteiger partial charge on any atom is 0.257 e. The number of nitrogens with zero attached hydrogens (tertiary/aromatic N) is 2. The summed E-state index contributed by atoms with van der Waals surface area (Å²) in [5, 5.41) is 15.5. The van der Waals surface area contributed by atoms with Crippen LogP contribution in [0, 0.1) is 11.6 Å². The first-order valence-electron chi connectivity index (χ1n) is 6.83. The molecule has 0 saturated carbocycles. The van der Waals surface area contributed by atoms with Crippen molar-refractivity contribution in [2.45, 2.75) is 19.4 Å². The summed E-state index contributed by atoms with van der Waals surface area (Å²) in [6, 6.07) is 3.48. The highest BCUT2D eigenvalue weighted by Gasteiger charge is 2.23. The zero-order chi connectivity index (χ0) is 16.3. The van der Waals surface area contributed by atoms with Crippen LogP contribution in [-0.4, -0.2) is 45.8 Å². The number of aliphatic hydroxyl groups excluding tert-OH is 1. The largest absolute Gasteiger partial charge is 0.393 e. The Bertz CT molecular complexity index is 650. The molecule has 0 fully saturated rings. The molecule has 2 aromatic rings. The zero-order valence-electron chi connectivity index (χ0n) is 12.3.